The third-order valence-corrected chi connectivity index (χ3v) is 5.78. The number of nitrogens with zero attached hydrogens (tertiary/aromatic N) is 2. The summed E-state index contributed by atoms with van der Waals surface area (Å²) in [4.78, 5) is 6.50. The van der Waals surface area contributed by atoms with Crippen LogP contribution in [0.1, 0.15) is 26.7 Å². The third kappa shape index (κ3) is 3.93. The molecular weight excluding hydrogens is 342 g/mol. The van der Waals surface area contributed by atoms with Crippen molar-refractivity contribution >= 4 is 31.8 Å². The largest absolute Gasteiger partial charge is 0.355 e. The van der Waals surface area contributed by atoms with Gasteiger partial charge in [0.15, 0.2) is 0 Å². The minimum atomic E-state index is -3.21. The van der Waals surface area contributed by atoms with Crippen molar-refractivity contribution < 1.29 is 8.42 Å². The minimum absolute atomic E-state index is 0.0402. The third-order valence-electron chi connectivity index (χ3n) is 3.41. The molecule has 1 aromatic rings. The molecule has 0 amide bonds. The van der Waals surface area contributed by atoms with Gasteiger partial charge in [-0.3, -0.25) is 0 Å². The van der Waals surface area contributed by atoms with E-state index in [2.05, 4.69) is 30.5 Å². The van der Waals surface area contributed by atoms with Crippen molar-refractivity contribution in [2.24, 2.45) is 0 Å². The predicted octanol–water partition coefficient (Wildman–Crippen LogP) is 2.14. The van der Waals surface area contributed by atoms with Gasteiger partial charge in [0, 0.05) is 29.8 Å². The molecule has 2 rings (SSSR count). The highest BCUT2D eigenvalue weighted by Crippen LogP contribution is 2.20. The molecule has 5 nitrogen and oxygen atoms in total. The second kappa shape index (κ2) is 6.41. The highest BCUT2D eigenvalue weighted by Gasteiger charge is 2.26. The molecule has 0 aliphatic carbocycles. The van der Waals surface area contributed by atoms with E-state index < -0.39 is 15.3 Å². The molecule has 1 N–H and O–H groups in total. The molecule has 1 aliphatic heterocycles. The summed E-state index contributed by atoms with van der Waals surface area (Å²) < 4.78 is 27.6. The van der Waals surface area contributed by atoms with Crippen LogP contribution < -0.4 is 9.62 Å². The standard InChI is InChI=1S/C13H20BrN3O2S/c1-10(2)20(18,19)16-12-4-3-7-17(9-12)13-6-5-11(14)8-15-13/h5-6,8,10,12,16H,3-4,7,9H2,1-2H3. The van der Waals surface area contributed by atoms with Gasteiger partial charge in [0.25, 0.3) is 0 Å². The van der Waals surface area contributed by atoms with Crippen molar-refractivity contribution in [3.63, 3.8) is 0 Å². The fourth-order valence-corrected chi connectivity index (χ4v) is 3.37. The normalized spacial score (nSPS) is 20.4. The SMILES string of the molecule is CC(C)S(=O)(=O)NC1CCCN(c2ccc(Br)cn2)C1. The Morgan fingerprint density at radius 3 is 2.80 bits per heavy atom. The molecule has 7 heteroatoms. The number of aromatic nitrogens is 1. The van der Waals surface area contributed by atoms with Gasteiger partial charge >= 0.3 is 0 Å². The van der Waals surface area contributed by atoms with E-state index in [9.17, 15) is 8.42 Å². The van der Waals surface area contributed by atoms with Crippen molar-refractivity contribution in [2.75, 3.05) is 18.0 Å². The molecule has 1 fully saturated rings. The maximum Gasteiger partial charge on any atom is 0.214 e. The van der Waals surface area contributed by atoms with Gasteiger partial charge in [-0.1, -0.05) is 0 Å². The molecule has 0 aromatic carbocycles. The van der Waals surface area contributed by atoms with E-state index in [1.54, 1.807) is 20.0 Å². The Bertz CT molecular complexity index is 545. The molecular formula is C13H20BrN3O2S. The summed E-state index contributed by atoms with van der Waals surface area (Å²) in [5, 5.41) is -0.399. The smallest absolute Gasteiger partial charge is 0.214 e. The molecule has 1 aromatic heterocycles. The lowest BCUT2D eigenvalue weighted by molar-refractivity contribution is 0.461. The number of piperidine rings is 1. The first-order chi connectivity index (χ1) is 9.38. The van der Waals surface area contributed by atoms with Crippen molar-refractivity contribution in [1.82, 2.24) is 9.71 Å². The molecule has 2 heterocycles. The van der Waals surface area contributed by atoms with Crippen LogP contribution in [0.25, 0.3) is 0 Å². The van der Waals surface area contributed by atoms with Crippen LogP contribution in [0.15, 0.2) is 22.8 Å². The predicted molar refractivity (Wildman–Crippen MR) is 84.4 cm³/mol. The Hall–Kier alpha value is -0.660. The maximum absolute atomic E-state index is 11.9. The van der Waals surface area contributed by atoms with E-state index >= 15 is 0 Å². The maximum atomic E-state index is 11.9. The van der Waals surface area contributed by atoms with Crippen molar-refractivity contribution in [2.45, 2.75) is 38.0 Å². The second-order valence-electron chi connectivity index (χ2n) is 5.33. The van der Waals surface area contributed by atoms with Crippen LogP contribution in [-0.4, -0.2) is 37.8 Å². The van der Waals surface area contributed by atoms with Gasteiger partial charge in [0.1, 0.15) is 5.82 Å². The average molecular weight is 362 g/mol. The first kappa shape index (κ1) is 15.7. The Balaban J connectivity index is 2.04. The molecule has 20 heavy (non-hydrogen) atoms. The van der Waals surface area contributed by atoms with E-state index in [1.165, 1.54) is 0 Å². The summed E-state index contributed by atoms with van der Waals surface area (Å²) in [6.07, 6.45) is 3.60. The lowest BCUT2D eigenvalue weighted by atomic mass is 10.1. The van der Waals surface area contributed by atoms with E-state index in [0.717, 1.165) is 29.7 Å². The van der Waals surface area contributed by atoms with Crippen LogP contribution in [0, 0.1) is 0 Å². The first-order valence-electron chi connectivity index (χ1n) is 6.76. The molecule has 1 atom stereocenters. The van der Waals surface area contributed by atoms with Gasteiger partial charge in [0.2, 0.25) is 10.0 Å². The molecule has 0 radical (unpaired) electrons. The fourth-order valence-electron chi connectivity index (χ4n) is 2.20. The lowest BCUT2D eigenvalue weighted by Crippen LogP contribution is -2.49. The lowest BCUT2D eigenvalue weighted by Gasteiger charge is -2.34. The summed E-state index contributed by atoms with van der Waals surface area (Å²) in [7, 11) is -3.21. The van der Waals surface area contributed by atoms with Crippen LogP contribution in [0.5, 0.6) is 0 Å². The first-order valence-corrected chi connectivity index (χ1v) is 9.10. The Morgan fingerprint density at radius 1 is 1.45 bits per heavy atom. The van der Waals surface area contributed by atoms with Crippen molar-refractivity contribution in [1.29, 1.82) is 0 Å². The molecule has 112 valence electrons. The highest BCUT2D eigenvalue weighted by atomic mass is 79.9. The van der Waals surface area contributed by atoms with Crippen molar-refractivity contribution in [3.05, 3.63) is 22.8 Å². The van der Waals surface area contributed by atoms with Gasteiger partial charge in [-0.05, 0) is 54.8 Å². The number of sulfonamides is 1. The molecule has 1 saturated heterocycles. The van der Waals surface area contributed by atoms with Crippen LogP contribution in [0.3, 0.4) is 0 Å². The number of rotatable bonds is 4. The molecule has 0 bridgehead atoms. The zero-order chi connectivity index (χ0) is 14.8. The monoisotopic (exact) mass is 361 g/mol. The van der Waals surface area contributed by atoms with Crippen molar-refractivity contribution in [3.8, 4) is 0 Å². The van der Waals surface area contributed by atoms with Crippen LogP contribution in [-0.2, 0) is 10.0 Å². The van der Waals surface area contributed by atoms with Crippen LogP contribution in [0.2, 0.25) is 0 Å². The number of hydrogen-bond donors (Lipinski definition) is 1. The zero-order valence-corrected chi connectivity index (χ0v) is 14.1. The van der Waals surface area contributed by atoms with Crippen LogP contribution in [0.4, 0.5) is 5.82 Å². The summed E-state index contributed by atoms with van der Waals surface area (Å²) in [5.74, 6) is 0.890. The number of halogens is 1. The Morgan fingerprint density at radius 2 is 2.20 bits per heavy atom. The molecule has 0 spiro atoms. The topological polar surface area (TPSA) is 62.3 Å². The highest BCUT2D eigenvalue weighted by molar-refractivity contribution is 9.10. The average Bonchev–Trinajstić information content (AvgIpc) is 2.39. The van der Waals surface area contributed by atoms with Gasteiger partial charge in [-0.2, -0.15) is 0 Å². The van der Waals surface area contributed by atoms with Gasteiger partial charge < -0.3 is 4.90 Å². The van der Waals surface area contributed by atoms with E-state index in [-0.39, 0.29) is 6.04 Å². The van der Waals surface area contributed by atoms with E-state index in [0.29, 0.717) is 6.54 Å². The van der Waals surface area contributed by atoms with Gasteiger partial charge in [-0.25, -0.2) is 18.1 Å². The number of hydrogen-bond acceptors (Lipinski definition) is 4. The number of pyridine rings is 1. The Kier molecular flexibility index (Phi) is 5.04. The zero-order valence-electron chi connectivity index (χ0n) is 11.7. The van der Waals surface area contributed by atoms with Gasteiger partial charge in [0.05, 0.1) is 5.25 Å². The minimum Gasteiger partial charge on any atom is -0.355 e. The Labute approximate surface area is 129 Å². The van der Waals surface area contributed by atoms with E-state index in [4.69, 9.17) is 0 Å². The quantitative estimate of drug-likeness (QED) is 0.892. The molecule has 0 saturated carbocycles. The molecule has 1 unspecified atom stereocenters. The summed E-state index contributed by atoms with van der Waals surface area (Å²) in [6, 6.07) is 3.86. The summed E-state index contributed by atoms with van der Waals surface area (Å²) in [6.45, 7) is 4.97. The van der Waals surface area contributed by atoms with Gasteiger partial charge in [-0.15, -0.1) is 0 Å². The second-order valence-corrected chi connectivity index (χ2v) is 8.52. The number of nitrogens with one attached hydrogen (secondary N) is 1. The molecule has 1 aliphatic rings. The van der Waals surface area contributed by atoms with Crippen LogP contribution >= 0.6 is 15.9 Å². The summed E-state index contributed by atoms with van der Waals surface area (Å²) >= 11 is 3.36. The summed E-state index contributed by atoms with van der Waals surface area (Å²) in [5.41, 5.74) is 0. The fraction of sp³-hybridized carbons (Fsp3) is 0.615. The van der Waals surface area contributed by atoms with E-state index in [1.807, 2.05) is 12.1 Å². The number of anilines is 1.